The molecule has 1 aliphatic rings. The molecule has 2 rings (SSSR count). The summed E-state index contributed by atoms with van der Waals surface area (Å²) in [6, 6.07) is 7.83. The van der Waals surface area contributed by atoms with Crippen LogP contribution in [0.25, 0.3) is 0 Å². The number of hydrogen-bond acceptors (Lipinski definition) is 1. The number of alkyl halides is 1. The van der Waals surface area contributed by atoms with E-state index in [2.05, 4.69) is 15.9 Å². The van der Waals surface area contributed by atoms with Crippen molar-refractivity contribution in [2.75, 3.05) is 0 Å². The van der Waals surface area contributed by atoms with Gasteiger partial charge in [0.2, 0.25) is 0 Å². The average Bonchev–Trinajstić information content (AvgIpc) is 2.42. The van der Waals surface area contributed by atoms with Gasteiger partial charge in [-0.15, -0.1) is 0 Å². The Hall–Kier alpha value is -0.410. The van der Waals surface area contributed by atoms with Crippen molar-refractivity contribution in [2.24, 2.45) is 5.73 Å². The molecule has 1 saturated carbocycles. The number of benzene rings is 1. The largest absolute Gasteiger partial charge is 0.321 e. The summed E-state index contributed by atoms with van der Waals surface area (Å²) in [6.45, 7) is 1.64. The molecule has 0 radical (unpaired) electrons. The van der Waals surface area contributed by atoms with Gasteiger partial charge >= 0.3 is 0 Å². The van der Waals surface area contributed by atoms with Gasteiger partial charge in [-0.2, -0.15) is 0 Å². The summed E-state index contributed by atoms with van der Waals surface area (Å²) in [6.07, 6.45) is 1.66. The molecule has 1 aliphatic carbocycles. The van der Waals surface area contributed by atoms with Crippen molar-refractivity contribution in [3.8, 4) is 0 Å². The van der Waals surface area contributed by atoms with Crippen LogP contribution in [-0.2, 0) is 5.54 Å². The number of nitrogens with two attached hydrogens (primary N) is 1. The minimum absolute atomic E-state index is 0.405. The highest BCUT2D eigenvalue weighted by Gasteiger charge is 2.45. The SMILES string of the molecule is CC1(F)CCC(N)(c2ccccc2Br)C1. The Labute approximate surface area is 98.0 Å². The molecule has 2 atom stereocenters. The lowest BCUT2D eigenvalue weighted by Gasteiger charge is -2.26. The molecule has 0 amide bonds. The van der Waals surface area contributed by atoms with Gasteiger partial charge in [0.25, 0.3) is 0 Å². The number of halogens is 2. The van der Waals surface area contributed by atoms with E-state index in [0.717, 1.165) is 10.0 Å². The predicted molar refractivity (Wildman–Crippen MR) is 63.4 cm³/mol. The van der Waals surface area contributed by atoms with Crippen LogP contribution < -0.4 is 5.73 Å². The summed E-state index contributed by atoms with van der Waals surface area (Å²) in [4.78, 5) is 0. The molecule has 1 nitrogen and oxygen atoms in total. The van der Waals surface area contributed by atoms with Crippen LogP contribution in [0.1, 0.15) is 31.7 Å². The van der Waals surface area contributed by atoms with E-state index >= 15 is 0 Å². The van der Waals surface area contributed by atoms with Gasteiger partial charge in [0.05, 0.1) is 0 Å². The zero-order valence-corrected chi connectivity index (χ0v) is 10.3. The molecule has 82 valence electrons. The maximum Gasteiger partial charge on any atom is 0.110 e. The molecule has 15 heavy (non-hydrogen) atoms. The van der Waals surface area contributed by atoms with E-state index in [1.165, 1.54) is 0 Å². The van der Waals surface area contributed by atoms with Crippen LogP contribution >= 0.6 is 15.9 Å². The highest BCUT2D eigenvalue weighted by molar-refractivity contribution is 9.10. The maximum atomic E-state index is 13.8. The van der Waals surface area contributed by atoms with E-state index in [4.69, 9.17) is 5.73 Å². The molecular formula is C12H15BrFN. The second-order valence-electron chi connectivity index (χ2n) is 4.73. The van der Waals surface area contributed by atoms with Crippen LogP contribution in [-0.4, -0.2) is 5.67 Å². The molecule has 0 aliphatic heterocycles. The third-order valence-corrected chi connectivity index (χ3v) is 3.88. The summed E-state index contributed by atoms with van der Waals surface area (Å²) >= 11 is 3.48. The predicted octanol–water partition coefficient (Wildman–Crippen LogP) is 3.52. The van der Waals surface area contributed by atoms with Crippen molar-refractivity contribution in [1.82, 2.24) is 0 Å². The molecule has 0 spiro atoms. The van der Waals surface area contributed by atoms with Crippen molar-refractivity contribution in [3.63, 3.8) is 0 Å². The number of hydrogen-bond donors (Lipinski definition) is 1. The van der Waals surface area contributed by atoms with Crippen LogP contribution in [0, 0.1) is 0 Å². The van der Waals surface area contributed by atoms with Gasteiger partial charge in [-0.25, -0.2) is 4.39 Å². The Bertz CT molecular complexity index is 378. The van der Waals surface area contributed by atoms with Crippen molar-refractivity contribution in [2.45, 2.75) is 37.4 Å². The van der Waals surface area contributed by atoms with Crippen LogP contribution in [0.3, 0.4) is 0 Å². The van der Waals surface area contributed by atoms with Gasteiger partial charge in [0.15, 0.2) is 0 Å². The average molecular weight is 272 g/mol. The summed E-state index contributed by atoms with van der Waals surface area (Å²) in [7, 11) is 0. The van der Waals surface area contributed by atoms with Crippen LogP contribution in [0.4, 0.5) is 4.39 Å². The smallest absolute Gasteiger partial charge is 0.110 e. The second kappa shape index (κ2) is 3.56. The molecule has 1 aromatic rings. The van der Waals surface area contributed by atoms with Gasteiger partial charge in [-0.05, 0) is 31.4 Å². The first-order chi connectivity index (χ1) is 6.93. The molecule has 0 heterocycles. The first-order valence-corrected chi connectivity index (χ1v) is 5.95. The summed E-state index contributed by atoms with van der Waals surface area (Å²) < 4.78 is 14.8. The monoisotopic (exact) mass is 271 g/mol. The Kier molecular flexibility index (Phi) is 2.63. The lowest BCUT2D eigenvalue weighted by Crippen LogP contribution is -2.35. The van der Waals surface area contributed by atoms with Gasteiger partial charge in [0, 0.05) is 16.4 Å². The Morgan fingerprint density at radius 1 is 1.33 bits per heavy atom. The van der Waals surface area contributed by atoms with Gasteiger partial charge in [0.1, 0.15) is 5.67 Å². The van der Waals surface area contributed by atoms with Crippen LogP contribution in [0.15, 0.2) is 28.7 Å². The van der Waals surface area contributed by atoms with E-state index in [-0.39, 0.29) is 0 Å². The topological polar surface area (TPSA) is 26.0 Å². The third kappa shape index (κ3) is 2.08. The van der Waals surface area contributed by atoms with E-state index in [9.17, 15) is 4.39 Å². The quantitative estimate of drug-likeness (QED) is 0.831. The highest BCUT2D eigenvalue weighted by atomic mass is 79.9. The molecule has 0 aromatic heterocycles. The molecule has 1 fully saturated rings. The Morgan fingerprint density at radius 3 is 2.53 bits per heavy atom. The molecule has 2 N–H and O–H groups in total. The first-order valence-electron chi connectivity index (χ1n) is 5.16. The molecule has 0 saturated heterocycles. The maximum absolute atomic E-state index is 13.8. The van der Waals surface area contributed by atoms with E-state index in [1.54, 1.807) is 6.92 Å². The second-order valence-corrected chi connectivity index (χ2v) is 5.58. The minimum atomic E-state index is -1.12. The van der Waals surface area contributed by atoms with E-state index < -0.39 is 11.2 Å². The third-order valence-electron chi connectivity index (χ3n) is 3.19. The van der Waals surface area contributed by atoms with Crippen molar-refractivity contribution in [3.05, 3.63) is 34.3 Å². The highest BCUT2D eigenvalue weighted by Crippen LogP contribution is 2.46. The molecule has 0 bridgehead atoms. The molecular weight excluding hydrogens is 257 g/mol. The van der Waals surface area contributed by atoms with Gasteiger partial charge in [-0.1, -0.05) is 34.1 Å². The van der Waals surface area contributed by atoms with Crippen molar-refractivity contribution in [1.29, 1.82) is 0 Å². The van der Waals surface area contributed by atoms with E-state index in [1.807, 2.05) is 24.3 Å². The fourth-order valence-corrected chi connectivity index (χ4v) is 3.09. The zero-order valence-electron chi connectivity index (χ0n) is 8.76. The lowest BCUT2D eigenvalue weighted by atomic mass is 9.88. The summed E-state index contributed by atoms with van der Waals surface area (Å²) in [5.74, 6) is 0. The summed E-state index contributed by atoms with van der Waals surface area (Å²) in [5.41, 5.74) is 5.68. The van der Waals surface area contributed by atoms with Crippen LogP contribution in [0.2, 0.25) is 0 Å². The summed E-state index contributed by atoms with van der Waals surface area (Å²) in [5, 5.41) is 0. The van der Waals surface area contributed by atoms with Crippen molar-refractivity contribution < 1.29 is 4.39 Å². The molecule has 3 heteroatoms. The minimum Gasteiger partial charge on any atom is -0.321 e. The van der Waals surface area contributed by atoms with Crippen molar-refractivity contribution >= 4 is 15.9 Å². The zero-order chi connectivity index (χ0) is 11.1. The van der Waals surface area contributed by atoms with Gasteiger partial charge in [-0.3, -0.25) is 0 Å². The normalized spacial score (nSPS) is 35.7. The molecule has 2 unspecified atom stereocenters. The molecule has 1 aromatic carbocycles. The lowest BCUT2D eigenvalue weighted by molar-refractivity contribution is 0.187. The Balaban J connectivity index is 2.36. The van der Waals surface area contributed by atoms with Gasteiger partial charge < -0.3 is 5.73 Å². The fourth-order valence-electron chi connectivity index (χ4n) is 2.41. The van der Waals surface area contributed by atoms with Crippen LogP contribution in [0.5, 0.6) is 0 Å². The Morgan fingerprint density at radius 2 is 2.00 bits per heavy atom. The fraction of sp³-hybridized carbons (Fsp3) is 0.500. The standard InChI is InChI=1S/C12H15BrFN/c1-11(14)6-7-12(15,8-11)9-4-2-3-5-10(9)13/h2-5H,6-8,15H2,1H3. The first kappa shape index (κ1) is 11.1. The van der Waals surface area contributed by atoms with E-state index in [0.29, 0.717) is 19.3 Å². The number of rotatable bonds is 1.